The van der Waals surface area contributed by atoms with E-state index in [0.717, 1.165) is 25.0 Å². The van der Waals surface area contributed by atoms with Crippen molar-refractivity contribution in [3.63, 3.8) is 0 Å². The number of unbranched alkanes of at least 4 members (excludes halogenated alkanes) is 11. The van der Waals surface area contributed by atoms with Gasteiger partial charge < -0.3 is 9.47 Å². The SMILES string of the molecule is CCCCCCCCCCCCCCOC(=O)CCOC(=O)Nc1cc(Cl)c(-c2nc3c(Cl)c(C(C)(C)C)[nH]n3n2)c(Cl)c1. The van der Waals surface area contributed by atoms with Crippen LogP contribution in [0.15, 0.2) is 12.1 Å². The van der Waals surface area contributed by atoms with Crippen molar-refractivity contribution in [3.05, 3.63) is 32.9 Å². The first-order chi connectivity index (χ1) is 21.0. The summed E-state index contributed by atoms with van der Waals surface area (Å²) in [5.74, 6) is -0.111. The second-order valence-corrected chi connectivity index (χ2v) is 13.3. The number of nitrogens with one attached hydrogen (secondary N) is 2. The van der Waals surface area contributed by atoms with Crippen molar-refractivity contribution < 1.29 is 19.1 Å². The maximum Gasteiger partial charge on any atom is 0.411 e. The van der Waals surface area contributed by atoms with E-state index in [1.807, 2.05) is 20.8 Å². The van der Waals surface area contributed by atoms with Gasteiger partial charge in [-0.2, -0.15) is 4.63 Å². The van der Waals surface area contributed by atoms with Crippen LogP contribution < -0.4 is 5.32 Å². The lowest BCUT2D eigenvalue weighted by Crippen LogP contribution is -2.17. The number of hydrogen-bond acceptors (Lipinski definition) is 6. The highest BCUT2D eigenvalue weighted by Crippen LogP contribution is 2.38. The molecule has 0 atom stereocenters. The quantitative estimate of drug-likeness (QED) is 0.103. The zero-order valence-electron chi connectivity index (χ0n) is 26.4. The molecule has 44 heavy (non-hydrogen) atoms. The summed E-state index contributed by atoms with van der Waals surface area (Å²) in [5, 5.41) is 11.1. The Hall–Kier alpha value is -2.49. The zero-order valence-corrected chi connectivity index (χ0v) is 28.6. The van der Waals surface area contributed by atoms with Gasteiger partial charge in [-0.3, -0.25) is 15.2 Å². The average molecular weight is 671 g/mol. The number of aromatic nitrogens is 4. The lowest BCUT2D eigenvalue weighted by Gasteiger charge is -2.16. The van der Waals surface area contributed by atoms with E-state index in [1.54, 1.807) is 0 Å². The van der Waals surface area contributed by atoms with Gasteiger partial charge in [-0.25, -0.2) is 9.78 Å². The second kappa shape index (κ2) is 17.9. The summed E-state index contributed by atoms with van der Waals surface area (Å²) in [5.41, 5.74) is 1.76. The number of hydrogen-bond donors (Lipinski definition) is 2. The van der Waals surface area contributed by atoms with Gasteiger partial charge in [0.05, 0.1) is 34.3 Å². The number of esters is 1. The molecule has 0 unspecified atom stereocenters. The van der Waals surface area contributed by atoms with Crippen LogP contribution in [0, 0.1) is 0 Å². The molecule has 0 radical (unpaired) electrons. The molecule has 2 aromatic heterocycles. The predicted molar refractivity (Wildman–Crippen MR) is 178 cm³/mol. The smallest absolute Gasteiger partial charge is 0.411 e. The van der Waals surface area contributed by atoms with Gasteiger partial charge >= 0.3 is 12.1 Å². The van der Waals surface area contributed by atoms with Crippen molar-refractivity contribution in [2.75, 3.05) is 18.5 Å². The molecule has 0 saturated heterocycles. The van der Waals surface area contributed by atoms with E-state index in [-0.39, 0.29) is 34.3 Å². The van der Waals surface area contributed by atoms with Gasteiger partial charge in [0.2, 0.25) is 0 Å². The molecular formula is C32H46Cl3N5O4. The summed E-state index contributed by atoms with van der Waals surface area (Å²) in [6.45, 7) is 8.61. The van der Waals surface area contributed by atoms with Crippen LogP contribution in [0.25, 0.3) is 17.0 Å². The van der Waals surface area contributed by atoms with Gasteiger partial charge in [0.15, 0.2) is 11.5 Å². The number of rotatable bonds is 18. The molecule has 3 rings (SSSR count). The van der Waals surface area contributed by atoms with Gasteiger partial charge in [0.1, 0.15) is 11.6 Å². The first-order valence-corrected chi connectivity index (χ1v) is 16.9. The van der Waals surface area contributed by atoms with Crippen LogP contribution in [0.5, 0.6) is 0 Å². The minimum Gasteiger partial charge on any atom is -0.466 e. The van der Waals surface area contributed by atoms with Gasteiger partial charge in [0.25, 0.3) is 0 Å². The predicted octanol–water partition coefficient (Wildman–Crippen LogP) is 10.2. The first-order valence-electron chi connectivity index (χ1n) is 15.7. The van der Waals surface area contributed by atoms with Gasteiger partial charge in [-0.1, -0.05) is 133 Å². The number of halogens is 3. The molecule has 2 N–H and O–H groups in total. The van der Waals surface area contributed by atoms with E-state index in [0.29, 0.717) is 28.5 Å². The molecule has 0 bridgehead atoms. The Bertz CT molecular complexity index is 1340. The van der Waals surface area contributed by atoms with E-state index < -0.39 is 12.1 Å². The van der Waals surface area contributed by atoms with Crippen LogP contribution in [0.3, 0.4) is 0 Å². The number of aromatic amines is 1. The normalized spacial score (nSPS) is 11.7. The Balaban J connectivity index is 1.33. The van der Waals surface area contributed by atoms with Crippen LogP contribution in [-0.4, -0.2) is 45.1 Å². The number of carbonyl (C=O) groups is 2. The standard InChI is InChI=1S/C32H46Cl3N5O4/c1-5-6-7-8-9-10-11-12-13-14-15-16-18-43-25(41)17-19-44-31(42)36-22-20-23(33)26(24(34)21-22)29-37-30-27(35)28(32(2,3)4)38-40(30)39-29/h20-21,38H,5-19H2,1-4H3,(H,36,42). The molecule has 0 aliphatic carbocycles. The lowest BCUT2D eigenvalue weighted by atomic mass is 9.92. The summed E-state index contributed by atoms with van der Waals surface area (Å²) in [4.78, 5) is 28.8. The Labute approximate surface area is 275 Å². The van der Waals surface area contributed by atoms with Crippen molar-refractivity contribution in [3.8, 4) is 11.4 Å². The number of carbonyl (C=O) groups excluding carboxylic acids is 2. The Kier molecular flexibility index (Phi) is 14.6. The fourth-order valence-corrected chi connectivity index (χ4v) is 5.95. The van der Waals surface area contributed by atoms with E-state index in [9.17, 15) is 9.59 Å². The highest BCUT2D eigenvalue weighted by Gasteiger charge is 2.25. The van der Waals surface area contributed by atoms with Crippen molar-refractivity contribution in [2.24, 2.45) is 0 Å². The van der Waals surface area contributed by atoms with E-state index in [4.69, 9.17) is 44.3 Å². The average Bonchev–Trinajstić information content (AvgIpc) is 3.49. The minimum atomic E-state index is -0.742. The van der Waals surface area contributed by atoms with Gasteiger partial charge in [0, 0.05) is 11.1 Å². The van der Waals surface area contributed by atoms with E-state index in [2.05, 4.69) is 27.4 Å². The van der Waals surface area contributed by atoms with Crippen LogP contribution in [0.4, 0.5) is 10.5 Å². The summed E-state index contributed by atoms with van der Waals surface area (Å²) in [6, 6.07) is 3.04. The lowest BCUT2D eigenvalue weighted by molar-refractivity contribution is -0.144. The molecule has 0 aliphatic heterocycles. The number of anilines is 1. The molecule has 9 nitrogen and oxygen atoms in total. The number of benzene rings is 1. The number of fused-ring (bicyclic) bond motifs is 1. The second-order valence-electron chi connectivity index (χ2n) is 12.2. The maximum atomic E-state index is 12.3. The molecule has 12 heteroatoms. The summed E-state index contributed by atoms with van der Waals surface area (Å²) >= 11 is 19.5. The van der Waals surface area contributed by atoms with Crippen molar-refractivity contribution in [2.45, 2.75) is 117 Å². The fraction of sp³-hybridized carbons (Fsp3) is 0.625. The highest BCUT2D eigenvalue weighted by molar-refractivity contribution is 6.39. The molecule has 0 spiro atoms. The topological polar surface area (TPSA) is 111 Å². The van der Waals surface area contributed by atoms with Crippen LogP contribution in [-0.2, 0) is 19.7 Å². The third kappa shape index (κ3) is 11.1. The summed E-state index contributed by atoms with van der Waals surface area (Å²) in [7, 11) is 0. The molecule has 0 saturated carbocycles. The van der Waals surface area contributed by atoms with E-state index >= 15 is 0 Å². The Morgan fingerprint density at radius 3 is 1.98 bits per heavy atom. The molecule has 0 aliphatic rings. The van der Waals surface area contributed by atoms with Crippen molar-refractivity contribution in [1.82, 2.24) is 19.8 Å². The number of H-pyrrole nitrogens is 1. The summed E-state index contributed by atoms with van der Waals surface area (Å²) in [6.07, 6.45) is 14.2. The third-order valence-corrected chi connectivity index (χ3v) is 8.26. The highest BCUT2D eigenvalue weighted by atomic mass is 35.5. The monoisotopic (exact) mass is 669 g/mol. The molecule has 1 aromatic carbocycles. The largest absolute Gasteiger partial charge is 0.466 e. The van der Waals surface area contributed by atoms with Crippen LogP contribution in [0.2, 0.25) is 15.1 Å². The molecule has 0 fully saturated rings. The van der Waals surface area contributed by atoms with Gasteiger partial charge in [-0.05, 0) is 18.6 Å². The molecule has 1 amide bonds. The van der Waals surface area contributed by atoms with Crippen LogP contribution in [0.1, 0.15) is 117 Å². The van der Waals surface area contributed by atoms with E-state index in [1.165, 1.54) is 74.6 Å². The minimum absolute atomic E-state index is 0.0231. The fourth-order valence-electron chi connectivity index (χ4n) is 4.84. The maximum absolute atomic E-state index is 12.3. The first kappa shape index (κ1) is 36.0. The molecule has 244 valence electrons. The number of nitrogens with zero attached hydrogens (tertiary/aromatic N) is 3. The van der Waals surface area contributed by atoms with Crippen molar-refractivity contribution in [1.29, 1.82) is 0 Å². The van der Waals surface area contributed by atoms with Crippen molar-refractivity contribution >= 4 is 58.2 Å². The number of amides is 1. The molecular weight excluding hydrogens is 625 g/mol. The number of ether oxygens (including phenoxy) is 2. The van der Waals surface area contributed by atoms with Gasteiger partial charge in [-0.15, -0.1) is 5.10 Å². The molecule has 3 aromatic rings. The Morgan fingerprint density at radius 1 is 0.864 bits per heavy atom. The molecule has 2 heterocycles. The summed E-state index contributed by atoms with van der Waals surface area (Å²) < 4.78 is 11.9. The Morgan fingerprint density at radius 2 is 1.43 bits per heavy atom. The zero-order chi connectivity index (χ0) is 32.1. The third-order valence-electron chi connectivity index (χ3n) is 7.30. The van der Waals surface area contributed by atoms with Crippen LogP contribution >= 0.6 is 34.8 Å².